The smallest absolute Gasteiger partial charge is 0.326 e. The van der Waals surface area contributed by atoms with E-state index in [1.807, 2.05) is 0 Å². The lowest BCUT2D eigenvalue weighted by atomic mass is 10.0. The van der Waals surface area contributed by atoms with Crippen LogP contribution in [0.25, 0.3) is 11.0 Å². The number of aromatic amines is 1. The van der Waals surface area contributed by atoms with Crippen molar-refractivity contribution >= 4 is 34.8 Å². The Kier molecular flexibility index (Phi) is 6.81. The van der Waals surface area contributed by atoms with Gasteiger partial charge in [0, 0.05) is 18.2 Å². The van der Waals surface area contributed by atoms with Crippen LogP contribution in [0.15, 0.2) is 40.5 Å². The first-order valence-corrected chi connectivity index (χ1v) is 9.77. The number of carboxylic acids is 2. The Bertz CT molecular complexity index is 1280. The molecule has 13 nitrogen and oxygen atoms in total. The molecule has 2 aromatic heterocycles. The monoisotopic (exact) mass is 456 g/mol. The number of nitrogens with zero attached hydrogens (tertiary/aromatic N) is 3. The van der Waals surface area contributed by atoms with Crippen molar-refractivity contribution in [1.29, 1.82) is 0 Å². The quantitative estimate of drug-likeness (QED) is 0.271. The van der Waals surface area contributed by atoms with Crippen LogP contribution in [-0.4, -0.2) is 48.7 Å². The maximum Gasteiger partial charge on any atom is 0.326 e. The molecule has 172 valence electrons. The zero-order valence-electron chi connectivity index (χ0n) is 17.1. The molecule has 3 aromatic rings. The number of amides is 1. The van der Waals surface area contributed by atoms with E-state index < -0.39 is 35.9 Å². The van der Waals surface area contributed by atoms with Crippen molar-refractivity contribution in [3.63, 3.8) is 0 Å². The van der Waals surface area contributed by atoms with Crippen molar-refractivity contribution < 1.29 is 24.6 Å². The molecule has 0 saturated carbocycles. The van der Waals surface area contributed by atoms with Crippen LogP contribution in [0.1, 0.15) is 34.3 Å². The van der Waals surface area contributed by atoms with E-state index in [1.165, 1.54) is 18.3 Å². The van der Waals surface area contributed by atoms with E-state index in [0.717, 1.165) is 10.2 Å². The van der Waals surface area contributed by atoms with Crippen LogP contribution < -0.4 is 16.6 Å². The number of anilines is 1. The Morgan fingerprint density at radius 1 is 1.18 bits per heavy atom. The predicted octanol–water partition coefficient (Wildman–Crippen LogP) is 0.669. The van der Waals surface area contributed by atoms with Gasteiger partial charge in [0.25, 0.3) is 11.5 Å². The lowest BCUT2D eigenvalue weighted by molar-refractivity contribution is -0.140. The normalized spacial score (nSPS) is 11.8. The molecule has 0 aliphatic heterocycles. The molecule has 13 heteroatoms. The van der Waals surface area contributed by atoms with E-state index in [2.05, 4.69) is 20.6 Å². The largest absolute Gasteiger partial charge is 0.481 e. The summed E-state index contributed by atoms with van der Waals surface area (Å²) in [5.41, 5.74) is 6.66. The molecule has 0 bridgehead atoms. The highest BCUT2D eigenvalue weighted by molar-refractivity contribution is 5.96. The fourth-order valence-corrected chi connectivity index (χ4v) is 3.33. The molecule has 1 aromatic carbocycles. The summed E-state index contributed by atoms with van der Waals surface area (Å²) >= 11 is 0. The van der Waals surface area contributed by atoms with Gasteiger partial charge in [-0.15, -0.1) is 4.91 Å². The molecule has 0 saturated heterocycles. The van der Waals surface area contributed by atoms with Crippen LogP contribution in [0.3, 0.4) is 0 Å². The summed E-state index contributed by atoms with van der Waals surface area (Å²) in [5.74, 6) is -3.26. The molecular formula is C20H20N6O7. The van der Waals surface area contributed by atoms with E-state index in [0.29, 0.717) is 18.4 Å². The average Bonchev–Trinajstić information content (AvgIpc) is 3.12. The van der Waals surface area contributed by atoms with Crippen LogP contribution in [0, 0.1) is 4.91 Å². The summed E-state index contributed by atoms with van der Waals surface area (Å²) in [4.78, 5) is 63.8. The van der Waals surface area contributed by atoms with Crippen molar-refractivity contribution in [2.75, 3.05) is 5.73 Å². The Morgan fingerprint density at radius 2 is 1.88 bits per heavy atom. The first-order chi connectivity index (χ1) is 15.7. The fourth-order valence-electron chi connectivity index (χ4n) is 3.33. The van der Waals surface area contributed by atoms with Gasteiger partial charge < -0.3 is 21.3 Å². The summed E-state index contributed by atoms with van der Waals surface area (Å²) in [7, 11) is 0. The van der Waals surface area contributed by atoms with Crippen LogP contribution in [-0.2, 0) is 22.4 Å². The zero-order chi connectivity index (χ0) is 24.1. The summed E-state index contributed by atoms with van der Waals surface area (Å²) in [6, 6.07) is 5.02. The van der Waals surface area contributed by atoms with Gasteiger partial charge in [-0.05, 0) is 42.5 Å². The zero-order valence-corrected chi connectivity index (χ0v) is 17.1. The first kappa shape index (κ1) is 23.1. The highest BCUT2D eigenvalue weighted by atomic mass is 16.4. The molecule has 1 atom stereocenters. The molecule has 0 spiro atoms. The van der Waals surface area contributed by atoms with Crippen molar-refractivity contribution in [3.8, 4) is 0 Å². The highest BCUT2D eigenvalue weighted by Crippen LogP contribution is 2.19. The summed E-state index contributed by atoms with van der Waals surface area (Å²) in [6.07, 6.45) is 1.61. The van der Waals surface area contributed by atoms with E-state index in [4.69, 9.17) is 15.9 Å². The Labute approximate surface area is 185 Å². The third-order valence-corrected chi connectivity index (χ3v) is 4.97. The number of benzene rings is 1. The standard InChI is InChI=1S/C20H20N6O7/c21-20-23-16-15(18(30)24-20)12(9-26(16)25-33)6-3-10-1-4-11(5-2-10)17(29)22-13(19(31)32)7-8-14(27)28/h1-2,4-5,9,13H,3,6-8H2,(H,22,29)(H,27,28)(H,31,32)(H3,21,23,24,30). The second-order valence-corrected chi connectivity index (χ2v) is 7.22. The van der Waals surface area contributed by atoms with Crippen molar-refractivity contribution in [2.45, 2.75) is 31.7 Å². The molecular weight excluding hydrogens is 436 g/mol. The minimum absolute atomic E-state index is 0.0594. The molecule has 3 rings (SSSR count). The Morgan fingerprint density at radius 3 is 2.48 bits per heavy atom. The second-order valence-electron chi connectivity index (χ2n) is 7.22. The van der Waals surface area contributed by atoms with Crippen LogP contribution in [0.4, 0.5) is 5.95 Å². The van der Waals surface area contributed by atoms with Gasteiger partial charge in [-0.1, -0.05) is 12.1 Å². The van der Waals surface area contributed by atoms with E-state index in [1.54, 1.807) is 12.1 Å². The minimum atomic E-state index is -1.32. The fraction of sp³-hybridized carbons (Fsp3) is 0.250. The Balaban J connectivity index is 1.70. The number of aromatic nitrogens is 3. The average molecular weight is 456 g/mol. The second kappa shape index (κ2) is 9.72. The summed E-state index contributed by atoms with van der Waals surface area (Å²) < 4.78 is 0.937. The molecule has 1 amide bonds. The number of rotatable bonds is 10. The highest BCUT2D eigenvalue weighted by Gasteiger charge is 2.21. The lowest BCUT2D eigenvalue weighted by Gasteiger charge is -2.13. The number of aliphatic carboxylic acids is 2. The number of carbonyl (C=O) groups excluding carboxylic acids is 1. The van der Waals surface area contributed by atoms with E-state index in [-0.39, 0.29) is 29.0 Å². The number of carboxylic acid groups (broad SMARTS) is 2. The molecule has 0 radical (unpaired) electrons. The van der Waals surface area contributed by atoms with Gasteiger partial charge in [0.1, 0.15) is 6.04 Å². The summed E-state index contributed by atoms with van der Waals surface area (Å²) in [6.45, 7) is 0. The molecule has 33 heavy (non-hydrogen) atoms. The maximum absolute atomic E-state index is 12.3. The van der Waals surface area contributed by atoms with Gasteiger partial charge in [0.05, 0.1) is 10.7 Å². The number of hydrogen-bond donors (Lipinski definition) is 5. The van der Waals surface area contributed by atoms with Crippen molar-refractivity contribution in [3.05, 3.63) is 62.4 Å². The number of H-pyrrole nitrogens is 1. The van der Waals surface area contributed by atoms with Gasteiger partial charge in [-0.3, -0.25) is 19.4 Å². The number of nitroso groups, excluding NO2 is 1. The van der Waals surface area contributed by atoms with Crippen molar-refractivity contribution in [2.24, 2.45) is 5.29 Å². The number of fused-ring (bicyclic) bond motifs is 1. The van der Waals surface area contributed by atoms with Gasteiger partial charge in [-0.2, -0.15) is 9.66 Å². The molecule has 2 heterocycles. The minimum Gasteiger partial charge on any atom is -0.481 e. The van der Waals surface area contributed by atoms with E-state index in [9.17, 15) is 24.1 Å². The van der Waals surface area contributed by atoms with Crippen LogP contribution in [0.2, 0.25) is 0 Å². The van der Waals surface area contributed by atoms with Crippen LogP contribution in [0.5, 0.6) is 0 Å². The number of hydrogen-bond acceptors (Lipinski definition) is 8. The number of nitrogen functional groups attached to an aromatic ring is 1. The number of nitrogens with one attached hydrogen (secondary N) is 2. The number of aryl methyl sites for hydroxylation is 2. The van der Waals surface area contributed by atoms with Gasteiger partial charge >= 0.3 is 11.9 Å². The number of carbonyl (C=O) groups is 3. The van der Waals surface area contributed by atoms with Gasteiger partial charge in [0.15, 0.2) is 5.65 Å². The van der Waals surface area contributed by atoms with Gasteiger partial charge in [-0.25, -0.2) is 4.79 Å². The first-order valence-electron chi connectivity index (χ1n) is 9.77. The topological polar surface area (TPSA) is 210 Å². The van der Waals surface area contributed by atoms with Crippen LogP contribution >= 0.6 is 0 Å². The molecule has 1 unspecified atom stereocenters. The summed E-state index contributed by atoms with van der Waals surface area (Å²) in [5, 5.41) is 23.2. The third kappa shape index (κ3) is 5.39. The predicted molar refractivity (Wildman–Crippen MR) is 116 cm³/mol. The van der Waals surface area contributed by atoms with E-state index >= 15 is 0 Å². The number of nitrogens with two attached hydrogens (primary N) is 1. The van der Waals surface area contributed by atoms with Crippen molar-refractivity contribution in [1.82, 2.24) is 20.0 Å². The molecule has 0 aliphatic carbocycles. The SMILES string of the molecule is Nc1nc2c(c(CCc3ccc(C(=O)NC(CCC(=O)O)C(=O)O)cc3)cn2N=O)c(=O)[nH]1. The molecule has 0 aliphatic rings. The van der Waals surface area contributed by atoms with Gasteiger partial charge in [0.2, 0.25) is 5.95 Å². The third-order valence-electron chi connectivity index (χ3n) is 4.97. The molecule has 0 fully saturated rings. The maximum atomic E-state index is 12.3. The Hall–Kier alpha value is -4.55. The lowest BCUT2D eigenvalue weighted by Crippen LogP contribution is -2.41. The molecule has 6 N–H and O–H groups in total.